The van der Waals surface area contributed by atoms with Crippen LogP contribution in [-0.2, 0) is 11.2 Å². The molecule has 1 atom stereocenters. The maximum atomic E-state index is 12.6. The van der Waals surface area contributed by atoms with Crippen molar-refractivity contribution in [2.75, 3.05) is 5.32 Å². The van der Waals surface area contributed by atoms with Crippen molar-refractivity contribution in [1.82, 2.24) is 0 Å². The molecule has 1 amide bonds. The van der Waals surface area contributed by atoms with Crippen molar-refractivity contribution >= 4 is 40.2 Å². The Morgan fingerprint density at radius 2 is 1.74 bits per heavy atom. The molecule has 0 spiro atoms. The summed E-state index contributed by atoms with van der Waals surface area (Å²) in [5, 5.41) is 2.89. The van der Waals surface area contributed by atoms with Crippen molar-refractivity contribution in [3.8, 4) is 0 Å². The summed E-state index contributed by atoms with van der Waals surface area (Å²) in [4.78, 5) is 24.9. The van der Waals surface area contributed by atoms with Crippen molar-refractivity contribution in [2.45, 2.75) is 12.5 Å². The Bertz CT molecular complexity index is 1000. The van der Waals surface area contributed by atoms with Gasteiger partial charge >= 0.3 is 5.97 Å². The number of cyclic esters (lactones) is 1. The van der Waals surface area contributed by atoms with Gasteiger partial charge in [-0.15, -0.1) is 0 Å². The van der Waals surface area contributed by atoms with Crippen molar-refractivity contribution in [1.29, 1.82) is 0 Å². The first-order valence-corrected chi connectivity index (χ1v) is 9.64. The molecule has 1 N–H and O–H groups in total. The van der Waals surface area contributed by atoms with E-state index in [2.05, 4.69) is 27.9 Å². The highest BCUT2D eigenvalue weighted by atomic mass is 127. The number of carbonyl (C=O) groups excluding carboxylic acids is 2. The smallest absolute Gasteiger partial charge is 0.339 e. The van der Waals surface area contributed by atoms with Crippen molar-refractivity contribution < 1.29 is 14.3 Å². The molecule has 1 heterocycles. The van der Waals surface area contributed by atoms with Crippen molar-refractivity contribution in [2.24, 2.45) is 0 Å². The monoisotopic (exact) mass is 469 g/mol. The minimum Gasteiger partial charge on any atom is -0.454 e. The summed E-state index contributed by atoms with van der Waals surface area (Å²) in [5.74, 6) is -0.552. The fraction of sp³-hybridized carbons (Fsp3) is 0.0909. The average molecular weight is 469 g/mol. The number of carbonyl (C=O) groups is 2. The molecule has 1 aliphatic rings. The number of hydrogen-bond acceptors (Lipinski definition) is 3. The number of esters is 1. The summed E-state index contributed by atoms with van der Waals surface area (Å²) in [6.07, 6.45) is 0.219. The molecule has 0 radical (unpaired) electrons. The molecule has 27 heavy (non-hydrogen) atoms. The van der Waals surface area contributed by atoms with Crippen LogP contribution >= 0.6 is 22.6 Å². The Morgan fingerprint density at radius 1 is 1.00 bits per heavy atom. The molecule has 0 aromatic heterocycles. The molecule has 0 aliphatic carbocycles. The lowest BCUT2D eigenvalue weighted by atomic mass is 9.93. The van der Waals surface area contributed by atoms with E-state index in [4.69, 9.17) is 4.74 Å². The van der Waals surface area contributed by atoms with E-state index in [9.17, 15) is 9.59 Å². The van der Waals surface area contributed by atoms with E-state index < -0.39 is 0 Å². The number of benzene rings is 3. The number of halogens is 1. The Balaban J connectivity index is 1.58. The van der Waals surface area contributed by atoms with Gasteiger partial charge in [0.05, 0.1) is 5.56 Å². The lowest BCUT2D eigenvalue weighted by Gasteiger charge is -2.25. The molecule has 4 nitrogen and oxygen atoms in total. The lowest BCUT2D eigenvalue weighted by molar-refractivity contribution is 0.0252. The molecule has 1 aliphatic heterocycles. The summed E-state index contributed by atoms with van der Waals surface area (Å²) in [5.41, 5.74) is 3.56. The first-order chi connectivity index (χ1) is 13.1. The molecule has 0 saturated heterocycles. The van der Waals surface area contributed by atoms with Crippen LogP contribution in [0, 0.1) is 3.57 Å². The van der Waals surface area contributed by atoms with Crippen LogP contribution in [0.3, 0.4) is 0 Å². The van der Waals surface area contributed by atoms with Gasteiger partial charge in [0, 0.05) is 21.2 Å². The third-order valence-electron chi connectivity index (χ3n) is 4.52. The van der Waals surface area contributed by atoms with Crippen LogP contribution in [0.25, 0.3) is 0 Å². The van der Waals surface area contributed by atoms with Crippen LogP contribution in [0.15, 0.2) is 72.8 Å². The summed E-state index contributed by atoms with van der Waals surface area (Å²) >= 11 is 2.22. The first kappa shape index (κ1) is 17.7. The second kappa shape index (κ2) is 7.52. The second-order valence-corrected chi connectivity index (χ2v) is 7.59. The quantitative estimate of drug-likeness (QED) is 0.434. The van der Waals surface area contributed by atoms with Gasteiger partial charge in [0.25, 0.3) is 5.91 Å². The average Bonchev–Trinajstić information content (AvgIpc) is 2.70. The summed E-state index contributed by atoms with van der Waals surface area (Å²) in [7, 11) is 0. The van der Waals surface area contributed by atoms with E-state index in [0.29, 0.717) is 17.5 Å². The van der Waals surface area contributed by atoms with Crippen LogP contribution in [0.2, 0.25) is 0 Å². The predicted octanol–water partition coefficient (Wildman–Crippen LogP) is 5.00. The standard InChI is InChI=1S/C22H16INO3/c23-17-7-9-18(10-8-17)24-21(25)15-6-11-19-16(12-15)13-20(27-22(19)26)14-4-2-1-3-5-14/h1-12,20H,13H2,(H,24,25)/t20-/m1/s1. The molecule has 0 saturated carbocycles. The maximum Gasteiger partial charge on any atom is 0.339 e. The number of anilines is 1. The van der Waals surface area contributed by atoms with Gasteiger partial charge in [0.15, 0.2) is 0 Å². The largest absolute Gasteiger partial charge is 0.454 e. The second-order valence-electron chi connectivity index (χ2n) is 6.34. The molecule has 0 bridgehead atoms. The van der Waals surface area contributed by atoms with E-state index in [1.165, 1.54) is 0 Å². The molecule has 134 valence electrons. The van der Waals surface area contributed by atoms with Crippen LogP contribution < -0.4 is 5.32 Å². The lowest BCUT2D eigenvalue weighted by Crippen LogP contribution is -2.23. The summed E-state index contributed by atoms with van der Waals surface area (Å²) < 4.78 is 6.67. The molecule has 3 aromatic carbocycles. The fourth-order valence-corrected chi connectivity index (χ4v) is 3.49. The van der Waals surface area contributed by atoms with E-state index >= 15 is 0 Å². The predicted molar refractivity (Wildman–Crippen MR) is 112 cm³/mol. The van der Waals surface area contributed by atoms with Crippen LogP contribution in [0.4, 0.5) is 5.69 Å². The maximum absolute atomic E-state index is 12.6. The van der Waals surface area contributed by atoms with Crippen LogP contribution in [0.1, 0.15) is 37.9 Å². The van der Waals surface area contributed by atoms with Gasteiger partial charge in [0.2, 0.25) is 0 Å². The Hall–Kier alpha value is -2.67. The van der Waals surface area contributed by atoms with Gasteiger partial charge in [-0.05, 0) is 76.2 Å². The molecule has 0 fully saturated rings. The molecule has 5 heteroatoms. The topological polar surface area (TPSA) is 55.4 Å². The summed E-state index contributed by atoms with van der Waals surface area (Å²) in [6.45, 7) is 0. The van der Waals surface area contributed by atoms with E-state index in [0.717, 1.165) is 20.4 Å². The fourth-order valence-electron chi connectivity index (χ4n) is 3.13. The van der Waals surface area contributed by atoms with E-state index in [-0.39, 0.29) is 18.0 Å². The number of ether oxygens (including phenoxy) is 1. The number of nitrogens with one attached hydrogen (secondary N) is 1. The normalized spacial score (nSPS) is 15.6. The highest BCUT2D eigenvalue weighted by molar-refractivity contribution is 14.1. The number of hydrogen-bond donors (Lipinski definition) is 1. The Morgan fingerprint density at radius 3 is 2.48 bits per heavy atom. The third kappa shape index (κ3) is 3.88. The molecule has 4 rings (SSSR count). The number of amides is 1. The van der Waals surface area contributed by atoms with Gasteiger partial charge in [0.1, 0.15) is 6.10 Å². The van der Waals surface area contributed by atoms with E-state index in [1.54, 1.807) is 18.2 Å². The third-order valence-corrected chi connectivity index (χ3v) is 5.23. The number of rotatable bonds is 3. The van der Waals surface area contributed by atoms with Crippen LogP contribution in [-0.4, -0.2) is 11.9 Å². The zero-order chi connectivity index (χ0) is 18.8. The Kier molecular flexibility index (Phi) is 4.94. The van der Waals surface area contributed by atoms with Gasteiger partial charge in [-0.25, -0.2) is 4.79 Å². The van der Waals surface area contributed by atoms with Gasteiger partial charge in [-0.2, -0.15) is 0 Å². The minimum absolute atomic E-state index is 0.200. The van der Waals surface area contributed by atoms with Crippen molar-refractivity contribution in [3.05, 3.63) is 98.6 Å². The molecular weight excluding hydrogens is 453 g/mol. The molecular formula is C22H16INO3. The molecule has 0 unspecified atom stereocenters. The minimum atomic E-state index is -0.352. The van der Waals surface area contributed by atoms with Gasteiger partial charge < -0.3 is 10.1 Å². The van der Waals surface area contributed by atoms with Crippen LogP contribution in [0.5, 0.6) is 0 Å². The zero-order valence-electron chi connectivity index (χ0n) is 14.3. The Labute approximate surface area is 170 Å². The first-order valence-electron chi connectivity index (χ1n) is 8.56. The zero-order valence-corrected chi connectivity index (χ0v) is 16.5. The van der Waals surface area contributed by atoms with Crippen molar-refractivity contribution in [3.63, 3.8) is 0 Å². The highest BCUT2D eigenvalue weighted by Gasteiger charge is 2.28. The molecule has 3 aromatic rings. The summed E-state index contributed by atoms with van der Waals surface area (Å²) in [6, 6.07) is 22.4. The van der Waals surface area contributed by atoms with Gasteiger partial charge in [-0.1, -0.05) is 30.3 Å². The van der Waals surface area contributed by atoms with Gasteiger partial charge in [-0.3, -0.25) is 4.79 Å². The van der Waals surface area contributed by atoms with E-state index in [1.807, 2.05) is 54.6 Å². The highest BCUT2D eigenvalue weighted by Crippen LogP contribution is 2.31. The SMILES string of the molecule is O=C(Nc1ccc(I)cc1)c1ccc2c(c1)C[C@H](c1ccccc1)OC2=O. The number of fused-ring (bicyclic) bond motifs is 1.